The molecule has 2 aromatic carbocycles. The minimum absolute atomic E-state index is 0.282. The highest BCUT2D eigenvalue weighted by Gasteiger charge is 2.21. The van der Waals surface area contributed by atoms with Crippen molar-refractivity contribution in [3.63, 3.8) is 0 Å². The Balaban J connectivity index is 1.90. The van der Waals surface area contributed by atoms with Crippen LogP contribution < -0.4 is 10.2 Å². The summed E-state index contributed by atoms with van der Waals surface area (Å²) in [6.07, 6.45) is 0. The van der Waals surface area contributed by atoms with Crippen molar-refractivity contribution in [3.8, 4) is 0 Å². The van der Waals surface area contributed by atoms with Crippen LogP contribution in [0.1, 0.15) is 34.6 Å². The highest BCUT2D eigenvalue weighted by atomic mass is 35.5. The maximum atomic E-state index is 12.9. The molecule has 1 N–H and O–H groups in total. The number of rotatable bonds is 6. The Bertz CT molecular complexity index is 928. The zero-order valence-corrected chi connectivity index (χ0v) is 18.6. The first-order valence-corrected chi connectivity index (χ1v) is 10.7. The number of esters is 1. The molecule has 0 saturated carbocycles. The van der Waals surface area contributed by atoms with Crippen LogP contribution >= 0.6 is 23.2 Å². The van der Waals surface area contributed by atoms with Gasteiger partial charge in [-0.2, -0.15) is 0 Å². The summed E-state index contributed by atoms with van der Waals surface area (Å²) in [6, 6.07) is 9.97. The van der Waals surface area contributed by atoms with E-state index in [1.54, 1.807) is 31.2 Å². The Kier molecular flexibility index (Phi) is 7.58. The van der Waals surface area contributed by atoms with Crippen molar-refractivity contribution >= 4 is 46.5 Å². The SMILES string of the molecule is CCOC(=O)c1ccc(N2CCN(CC)CC2)c(NC(=O)c2ccc(Cl)c(Cl)c2)c1. The molecular formula is C22H25Cl2N3O3. The zero-order valence-electron chi connectivity index (χ0n) is 17.1. The number of amides is 1. The molecule has 30 heavy (non-hydrogen) atoms. The number of ether oxygens (including phenoxy) is 1. The fraction of sp³-hybridized carbons (Fsp3) is 0.364. The maximum Gasteiger partial charge on any atom is 0.338 e. The van der Waals surface area contributed by atoms with Crippen molar-refractivity contribution in [2.75, 3.05) is 49.5 Å². The Morgan fingerprint density at radius 2 is 1.67 bits per heavy atom. The summed E-state index contributed by atoms with van der Waals surface area (Å²) in [6.45, 7) is 8.75. The van der Waals surface area contributed by atoms with Gasteiger partial charge in [-0.15, -0.1) is 0 Å². The van der Waals surface area contributed by atoms with E-state index in [4.69, 9.17) is 27.9 Å². The normalized spacial score (nSPS) is 14.5. The number of nitrogens with one attached hydrogen (secondary N) is 1. The van der Waals surface area contributed by atoms with E-state index in [0.717, 1.165) is 38.4 Å². The number of anilines is 2. The van der Waals surface area contributed by atoms with Gasteiger partial charge in [0.1, 0.15) is 0 Å². The molecule has 1 saturated heterocycles. The van der Waals surface area contributed by atoms with Crippen molar-refractivity contribution in [2.45, 2.75) is 13.8 Å². The molecule has 0 bridgehead atoms. The monoisotopic (exact) mass is 449 g/mol. The van der Waals surface area contributed by atoms with Gasteiger partial charge in [0.25, 0.3) is 5.91 Å². The first-order chi connectivity index (χ1) is 14.4. The van der Waals surface area contributed by atoms with Gasteiger partial charge in [-0.25, -0.2) is 4.79 Å². The van der Waals surface area contributed by atoms with Crippen LogP contribution in [0.15, 0.2) is 36.4 Å². The molecule has 0 aliphatic carbocycles. The molecule has 2 aromatic rings. The molecule has 0 unspecified atom stereocenters. The van der Waals surface area contributed by atoms with Crippen molar-refractivity contribution in [2.24, 2.45) is 0 Å². The van der Waals surface area contributed by atoms with Crippen LogP contribution in [0.5, 0.6) is 0 Å². The van der Waals surface area contributed by atoms with E-state index in [1.165, 1.54) is 6.07 Å². The first kappa shape index (κ1) is 22.4. The quantitative estimate of drug-likeness (QED) is 0.654. The smallest absolute Gasteiger partial charge is 0.338 e. The number of likely N-dealkylation sites (N-methyl/N-ethyl adjacent to an activating group) is 1. The molecule has 0 radical (unpaired) electrons. The second-order valence-electron chi connectivity index (χ2n) is 6.96. The minimum Gasteiger partial charge on any atom is -0.462 e. The van der Waals surface area contributed by atoms with Gasteiger partial charge in [-0.1, -0.05) is 30.1 Å². The van der Waals surface area contributed by atoms with Gasteiger partial charge in [-0.3, -0.25) is 4.79 Å². The fourth-order valence-electron chi connectivity index (χ4n) is 3.39. The third-order valence-electron chi connectivity index (χ3n) is 5.10. The largest absolute Gasteiger partial charge is 0.462 e. The highest BCUT2D eigenvalue weighted by molar-refractivity contribution is 6.42. The Hall–Kier alpha value is -2.28. The molecule has 0 aromatic heterocycles. The molecule has 1 aliphatic rings. The van der Waals surface area contributed by atoms with Crippen LogP contribution in [0.3, 0.4) is 0 Å². The molecule has 3 rings (SSSR count). The predicted octanol–water partition coefficient (Wildman–Crippen LogP) is 4.56. The summed E-state index contributed by atoms with van der Waals surface area (Å²) < 4.78 is 5.11. The predicted molar refractivity (Wildman–Crippen MR) is 121 cm³/mol. The number of hydrogen-bond acceptors (Lipinski definition) is 5. The van der Waals surface area contributed by atoms with Crippen LogP contribution in [-0.4, -0.2) is 56.1 Å². The number of hydrogen-bond donors (Lipinski definition) is 1. The second kappa shape index (κ2) is 10.2. The average molecular weight is 450 g/mol. The number of carbonyl (C=O) groups excluding carboxylic acids is 2. The van der Waals surface area contributed by atoms with E-state index in [1.807, 2.05) is 6.07 Å². The molecule has 1 aliphatic heterocycles. The van der Waals surface area contributed by atoms with Gasteiger partial charge in [-0.05, 0) is 49.9 Å². The van der Waals surface area contributed by atoms with Gasteiger partial charge >= 0.3 is 5.97 Å². The van der Waals surface area contributed by atoms with Crippen molar-refractivity contribution in [1.82, 2.24) is 4.90 Å². The molecule has 8 heteroatoms. The summed E-state index contributed by atoms with van der Waals surface area (Å²) in [5.74, 6) is -0.757. The highest BCUT2D eigenvalue weighted by Crippen LogP contribution is 2.30. The van der Waals surface area contributed by atoms with Gasteiger partial charge in [0.15, 0.2) is 0 Å². The number of carbonyl (C=O) groups is 2. The van der Waals surface area contributed by atoms with Crippen molar-refractivity contribution in [3.05, 3.63) is 57.6 Å². The summed E-state index contributed by atoms with van der Waals surface area (Å²) >= 11 is 12.0. The van der Waals surface area contributed by atoms with Crippen LogP contribution in [-0.2, 0) is 4.74 Å². The van der Waals surface area contributed by atoms with Crippen molar-refractivity contribution in [1.29, 1.82) is 0 Å². The van der Waals surface area contributed by atoms with Gasteiger partial charge < -0.3 is 19.9 Å². The van der Waals surface area contributed by atoms with E-state index in [2.05, 4.69) is 22.0 Å². The maximum absolute atomic E-state index is 12.9. The summed E-state index contributed by atoms with van der Waals surface area (Å²) in [5.41, 5.74) is 2.19. The molecule has 1 heterocycles. The van der Waals surface area contributed by atoms with Crippen LogP contribution in [0.2, 0.25) is 10.0 Å². The van der Waals surface area contributed by atoms with Crippen LogP contribution in [0, 0.1) is 0 Å². The molecule has 1 amide bonds. The lowest BCUT2D eigenvalue weighted by molar-refractivity contribution is 0.0526. The van der Waals surface area contributed by atoms with Crippen LogP contribution in [0.25, 0.3) is 0 Å². The molecular weight excluding hydrogens is 425 g/mol. The Labute approximate surface area is 186 Å². The number of nitrogens with zero attached hydrogens (tertiary/aromatic N) is 2. The van der Waals surface area contributed by atoms with E-state index in [0.29, 0.717) is 26.9 Å². The minimum atomic E-state index is -0.426. The average Bonchev–Trinajstić information content (AvgIpc) is 2.76. The number of halogens is 2. The fourth-order valence-corrected chi connectivity index (χ4v) is 3.69. The van der Waals surface area contributed by atoms with Gasteiger partial charge in [0.2, 0.25) is 0 Å². The lowest BCUT2D eigenvalue weighted by Gasteiger charge is -2.36. The third kappa shape index (κ3) is 5.25. The van der Waals surface area contributed by atoms with E-state index >= 15 is 0 Å². The standard InChI is InChI=1S/C22H25Cl2N3O3/c1-3-26-9-11-27(12-10-26)20-8-6-16(22(29)30-4-2)14-19(20)25-21(28)15-5-7-17(23)18(24)13-15/h5-8,13-14H,3-4,9-12H2,1-2H3,(H,25,28). The first-order valence-electron chi connectivity index (χ1n) is 9.97. The summed E-state index contributed by atoms with van der Waals surface area (Å²) in [7, 11) is 0. The van der Waals surface area contributed by atoms with Crippen LogP contribution in [0.4, 0.5) is 11.4 Å². The number of piperazine rings is 1. The summed E-state index contributed by atoms with van der Waals surface area (Å²) in [4.78, 5) is 29.7. The molecule has 0 spiro atoms. The van der Waals surface area contributed by atoms with Gasteiger partial charge in [0, 0.05) is 31.7 Å². The lowest BCUT2D eigenvalue weighted by atomic mass is 10.1. The van der Waals surface area contributed by atoms with E-state index in [-0.39, 0.29) is 12.5 Å². The van der Waals surface area contributed by atoms with E-state index in [9.17, 15) is 9.59 Å². The summed E-state index contributed by atoms with van der Waals surface area (Å²) in [5, 5.41) is 3.62. The third-order valence-corrected chi connectivity index (χ3v) is 5.84. The Morgan fingerprint density at radius 3 is 2.30 bits per heavy atom. The molecule has 0 atom stereocenters. The number of benzene rings is 2. The van der Waals surface area contributed by atoms with E-state index < -0.39 is 5.97 Å². The van der Waals surface area contributed by atoms with Crippen molar-refractivity contribution < 1.29 is 14.3 Å². The molecule has 160 valence electrons. The zero-order chi connectivity index (χ0) is 21.7. The van der Waals surface area contributed by atoms with Gasteiger partial charge in [0.05, 0.1) is 33.6 Å². The lowest BCUT2D eigenvalue weighted by Crippen LogP contribution is -2.46. The topological polar surface area (TPSA) is 61.9 Å². The molecule has 6 nitrogen and oxygen atoms in total. The Morgan fingerprint density at radius 1 is 0.967 bits per heavy atom. The second-order valence-corrected chi connectivity index (χ2v) is 7.77. The molecule has 1 fully saturated rings.